The molecule has 0 bridgehead atoms. The summed E-state index contributed by atoms with van der Waals surface area (Å²) in [6.45, 7) is 1.41. The van der Waals surface area contributed by atoms with E-state index in [0.29, 0.717) is 16.5 Å². The number of hydrogen-bond donors (Lipinski definition) is 2. The van der Waals surface area contributed by atoms with Gasteiger partial charge in [0.05, 0.1) is 12.0 Å². The number of nitrogens with one attached hydrogen (secondary N) is 2. The highest BCUT2D eigenvalue weighted by Gasteiger charge is 2.17. The van der Waals surface area contributed by atoms with Gasteiger partial charge in [-0.1, -0.05) is 12.1 Å². The molecular formula is C15H15N5O3S2. The predicted octanol–water partition coefficient (Wildman–Crippen LogP) is 2.30. The van der Waals surface area contributed by atoms with Crippen LogP contribution in [0.15, 0.2) is 47.2 Å². The van der Waals surface area contributed by atoms with Crippen LogP contribution in [-0.4, -0.2) is 28.9 Å². The number of nitrogens with zero attached hydrogens (tertiary/aromatic N) is 3. The summed E-state index contributed by atoms with van der Waals surface area (Å²) in [6, 6.07) is 6.85. The predicted molar refractivity (Wildman–Crippen MR) is 95.9 cm³/mol. The summed E-state index contributed by atoms with van der Waals surface area (Å²) in [7, 11) is -2.06. The second-order valence-corrected chi connectivity index (χ2v) is 7.77. The van der Waals surface area contributed by atoms with Gasteiger partial charge < -0.3 is 9.88 Å². The standard InChI is InChI=1S/C15H15N5O3S2/c1-10(21)17-15-18-13(8-24-15)11-4-3-5-12(6-11)19-25(22,23)14-7-20(2)9-16-14/h3-9,19H,1-2H3,(H,17,18,21). The smallest absolute Gasteiger partial charge is 0.280 e. The molecule has 0 radical (unpaired) electrons. The van der Waals surface area contributed by atoms with Crippen LogP contribution >= 0.6 is 11.3 Å². The molecule has 2 aromatic heterocycles. The Hall–Kier alpha value is -2.72. The maximum atomic E-state index is 12.3. The Morgan fingerprint density at radius 1 is 1.32 bits per heavy atom. The maximum absolute atomic E-state index is 12.3. The fraction of sp³-hybridized carbons (Fsp3) is 0.133. The number of hydrogen-bond acceptors (Lipinski definition) is 6. The molecule has 3 rings (SSSR count). The van der Waals surface area contributed by atoms with E-state index in [9.17, 15) is 13.2 Å². The van der Waals surface area contributed by atoms with Crippen LogP contribution in [0.5, 0.6) is 0 Å². The quantitative estimate of drug-likeness (QED) is 0.710. The average molecular weight is 377 g/mol. The van der Waals surface area contributed by atoms with Crippen molar-refractivity contribution in [1.82, 2.24) is 14.5 Å². The van der Waals surface area contributed by atoms with Gasteiger partial charge in [-0.15, -0.1) is 11.3 Å². The van der Waals surface area contributed by atoms with Crippen LogP contribution in [-0.2, 0) is 21.9 Å². The fourth-order valence-electron chi connectivity index (χ4n) is 2.09. The van der Waals surface area contributed by atoms with Gasteiger partial charge >= 0.3 is 0 Å². The molecule has 10 heteroatoms. The number of aryl methyl sites for hydroxylation is 1. The lowest BCUT2D eigenvalue weighted by Crippen LogP contribution is -2.13. The summed E-state index contributed by atoms with van der Waals surface area (Å²) in [6.07, 6.45) is 2.84. The summed E-state index contributed by atoms with van der Waals surface area (Å²) < 4.78 is 28.7. The van der Waals surface area contributed by atoms with Gasteiger partial charge in [0.1, 0.15) is 0 Å². The van der Waals surface area contributed by atoms with Gasteiger partial charge in [-0.25, -0.2) is 9.97 Å². The third-order valence-electron chi connectivity index (χ3n) is 3.15. The van der Waals surface area contributed by atoms with Crippen molar-refractivity contribution >= 4 is 38.1 Å². The van der Waals surface area contributed by atoms with Crippen molar-refractivity contribution in [1.29, 1.82) is 0 Å². The minimum atomic E-state index is -3.76. The van der Waals surface area contributed by atoms with E-state index in [0.717, 1.165) is 5.56 Å². The van der Waals surface area contributed by atoms with E-state index >= 15 is 0 Å². The zero-order chi connectivity index (χ0) is 18.0. The van der Waals surface area contributed by atoms with E-state index in [1.807, 2.05) is 6.07 Å². The molecule has 0 aliphatic rings. The number of sulfonamides is 1. The topological polar surface area (TPSA) is 106 Å². The second-order valence-electron chi connectivity index (χ2n) is 5.28. The van der Waals surface area contributed by atoms with Crippen molar-refractivity contribution in [2.45, 2.75) is 11.9 Å². The van der Waals surface area contributed by atoms with Crippen LogP contribution < -0.4 is 10.0 Å². The third-order valence-corrected chi connectivity index (χ3v) is 5.18. The Morgan fingerprint density at radius 2 is 2.12 bits per heavy atom. The van der Waals surface area contributed by atoms with Crippen molar-refractivity contribution in [2.75, 3.05) is 10.0 Å². The maximum Gasteiger partial charge on any atom is 0.280 e. The van der Waals surface area contributed by atoms with Gasteiger partial charge in [0, 0.05) is 36.8 Å². The van der Waals surface area contributed by atoms with Crippen molar-refractivity contribution < 1.29 is 13.2 Å². The average Bonchev–Trinajstić information content (AvgIpc) is 3.16. The van der Waals surface area contributed by atoms with Crippen LogP contribution in [0.4, 0.5) is 10.8 Å². The molecule has 0 unspecified atom stereocenters. The molecule has 0 saturated heterocycles. The van der Waals surface area contributed by atoms with E-state index in [2.05, 4.69) is 20.0 Å². The molecule has 0 atom stereocenters. The summed E-state index contributed by atoms with van der Waals surface area (Å²) in [5.41, 5.74) is 1.78. The summed E-state index contributed by atoms with van der Waals surface area (Å²) in [4.78, 5) is 19.2. The van der Waals surface area contributed by atoms with Gasteiger partial charge in [0.25, 0.3) is 10.0 Å². The number of carbonyl (C=O) groups is 1. The summed E-state index contributed by atoms with van der Waals surface area (Å²) in [5.74, 6) is -0.197. The minimum absolute atomic E-state index is 0.0537. The number of benzene rings is 1. The first-order chi connectivity index (χ1) is 11.8. The number of amides is 1. The lowest BCUT2D eigenvalue weighted by atomic mass is 10.1. The number of thiazole rings is 1. The highest BCUT2D eigenvalue weighted by Crippen LogP contribution is 2.27. The van der Waals surface area contributed by atoms with Crippen molar-refractivity contribution in [2.24, 2.45) is 7.05 Å². The van der Waals surface area contributed by atoms with E-state index < -0.39 is 10.0 Å². The molecule has 130 valence electrons. The van der Waals surface area contributed by atoms with Gasteiger partial charge in [-0.05, 0) is 12.1 Å². The Bertz CT molecular complexity index is 1020. The van der Waals surface area contributed by atoms with E-state index in [1.54, 1.807) is 35.2 Å². The molecular weight excluding hydrogens is 362 g/mol. The normalized spacial score (nSPS) is 11.3. The number of imidazole rings is 1. The number of rotatable bonds is 5. The zero-order valence-electron chi connectivity index (χ0n) is 13.4. The second kappa shape index (κ2) is 6.65. The molecule has 0 fully saturated rings. The fourth-order valence-corrected chi connectivity index (χ4v) is 3.89. The van der Waals surface area contributed by atoms with Crippen LogP contribution in [0.2, 0.25) is 0 Å². The molecule has 25 heavy (non-hydrogen) atoms. The molecule has 8 nitrogen and oxygen atoms in total. The summed E-state index contributed by atoms with van der Waals surface area (Å²) in [5, 5.41) is 4.84. The molecule has 2 heterocycles. The van der Waals surface area contributed by atoms with Gasteiger partial charge in [0.2, 0.25) is 5.91 Å². The third kappa shape index (κ3) is 4.03. The van der Waals surface area contributed by atoms with Gasteiger partial charge in [0.15, 0.2) is 10.2 Å². The molecule has 0 spiro atoms. The Balaban J connectivity index is 1.84. The largest absolute Gasteiger partial charge is 0.339 e. The van der Waals surface area contributed by atoms with Crippen molar-refractivity contribution in [3.63, 3.8) is 0 Å². The number of carbonyl (C=O) groups excluding carboxylic acids is 1. The Labute approximate surface area is 148 Å². The van der Waals surface area contributed by atoms with E-state index in [1.165, 1.54) is 30.8 Å². The highest BCUT2D eigenvalue weighted by atomic mass is 32.2. The summed E-state index contributed by atoms with van der Waals surface area (Å²) >= 11 is 1.30. The van der Waals surface area contributed by atoms with E-state index in [4.69, 9.17) is 0 Å². The number of anilines is 2. The molecule has 2 N–H and O–H groups in total. The first-order valence-electron chi connectivity index (χ1n) is 7.18. The van der Waals surface area contributed by atoms with Crippen molar-refractivity contribution in [3.8, 4) is 11.3 Å². The lowest BCUT2D eigenvalue weighted by Gasteiger charge is -2.07. The van der Waals surface area contributed by atoms with Gasteiger partial charge in [-0.2, -0.15) is 8.42 Å². The highest BCUT2D eigenvalue weighted by molar-refractivity contribution is 7.92. The Morgan fingerprint density at radius 3 is 2.80 bits per heavy atom. The molecule has 1 amide bonds. The molecule has 0 aliphatic heterocycles. The molecule has 1 aromatic carbocycles. The lowest BCUT2D eigenvalue weighted by molar-refractivity contribution is -0.114. The molecule has 3 aromatic rings. The van der Waals surface area contributed by atoms with Crippen LogP contribution in [0.1, 0.15) is 6.92 Å². The SMILES string of the molecule is CC(=O)Nc1nc(-c2cccc(NS(=O)(=O)c3cn(C)cn3)c2)cs1. The first-order valence-corrected chi connectivity index (χ1v) is 9.54. The first kappa shape index (κ1) is 17.1. The van der Waals surface area contributed by atoms with Crippen LogP contribution in [0, 0.1) is 0 Å². The van der Waals surface area contributed by atoms with Crippen LogP contribution in [0.25, 0.3) is 11.3 Å². The Kier molecular flexibility index (Phi) is 4.55. The van der Waals surface area contributed by atoms with Crippen molar-refractivity contribution in [3.05, 3.63) is 42.2 Å². The monoisotopic (exact) mass is 377 g/mol. The molecule has 0 aliphatic carbocycles. The number of aromatic nitrogens is 3. The van der Waals surface area contributed by atoms with Gasteiger partial charge in [-0.3, -0.25) is 9.52 Å². The molecule has 0 saturated carbocycles. The minimum Gasteiger partial charge on any atom is -0.339 e. The van der Waals surface area contributed by atoms with E-state index in [-0.39, 0.29) is 10.9 Å². The van der Waals surface area contributed by atoms with Crippen LogP contribution in [0.3, 0.4) is 0 Å². The zero-order valence-corrected chi connectivity index (χ0v) is 15.1.